The van der Waals surface area contributed by atoms with Crippen LogP contribution in [0.2, 0.25) is 0 Å². The van der Waals surface area contributed by atoms with Gasteiger partial charge in [-0.2, -0.15) is 4.31 Å². The summed E-state index contributed by atoms with van der Waals surface area (Å²) in [6.07, 6.45) is 2.11. The lowest BCUT2D eigenvalue weighted by molar-refractivity contribution is 0.181. The van der Waals surface area contributed by atoms with Gasteiger partial charge in [-0.3, -0.25) is 5.84 Å². The van der Waals surface area contributed by atoms with Gasteiger partial charge in [-0.25, -0.2) is 13.4 Å². The van der Waals surface area contributed by atoms with Crippen molar-refractivity contribution in [3.8, 4) is 0 Å². The van der Waals surface area contributed by atoms with Crippen LogP contribution in [-0.4, -0.2) is 44.0 Å². The number of nitrogen functional groups attached to an aromatic ring is 1. The van der Waals surface area contributed by atoms with Gasteiger partial charge in [0.05, 0.1) is 18.3 Å². The van der Waals surface area contributed by atoms with Crippen molar-refractivity contribution in [2.75, 3.05) is 25.7 Å². The molecule has 3 N–H and O–H groups in total. The van der Waals surface area contributed by atoms with Crippen molar-refractivity contribution in [1.82, 2.24) is 9.29 Å². The van der Waals surface area contributed by atoms with E-state index in [0.29, 0.717) is 19.6 Å². The summed E-state index contributed by atoms with van der Waals surface area (Å²) in [5, 5.41) is -0.0677. The van der Waals surface area contributed by atoms with E-state index >= 15 is 0 Å². The fraction of sp³-hybridized carbons (Fsp3) is 0.500. The van der Waals surface area contributed by atoms with Crippen molar-refractivity contribution < 1.29 is 13.2 Å². The van der Waals surface area contributed by atoms with E-state index in [1.165, 1.54) is 17.5 Å². The summed E-state index contributed by atoms with van der Waals surface area (Å²) >= 11 is 0. The molecule has 0 aromatic carbocycles. The van der Waals surface area contributed by atoms with Gasteiger partial charge < -0.3 is 10.2 Å². The largest absolute Gasteiger partial charge is 0.380 e. The average molecular weight is 272 g/mol. The van der Waals surface area contributed by atoms with Crippen molar-refractivity contribution in [3.05, 3.63) is 18.3 Å². The van der Waals surface area contributed by atoms with Crippen LogP contribution >= 0.6 is 0 Å². The zero-order valence-electron chi connectivity index (χ0n) is 10.0. The van der Waals surface area contributed by atoms with Crippen LogP contribution in [0.3, 0.4) is 0 Å². The van der Waals surface area contributed by atoms with E-state index in [1.807, 2.05) is 0 Å². The maximum absolute atomic E-state index is 12.4. The van der Waals surface area contributed by atoms with Crippen LogP contribution in [0.25, 0.3) is 0 Å². The molecular formula is C10H16N4O3S. The van der Waals surface area contributed by atoms with Crippen molar-refractivity contribution in [3.63, 3.8) is 0 Å². The molecule has 7 nitrogen and oxygen atoms in total. The van der Waals surface area contributed by atoms with E-state index in [0.717, 1.165) is 0 Å². The Morgan fingerprint density at radius 3 is 3.00 bits per heavy atom. The number of nitrogens with two attached hydrogens (primary N) is 1. The second-order valence-corrected chi connectivity index (χ2v) is 5.95. The Hall–Kier alpha value is -1.22. The fourth-order valence-corrected chi connectivity index (χ4v) is 3.28. The van der Waals surface area contributed by atoms with Crippen LogP contribution in [0.15, 0.2) is 23.4 Å². The van der Waals surface area contributed by atoms with E-state index in [1.54, 1.807) is 12.1 Å². The Balaban J connectivity index is 2.35. The predicted molar refractivity (Wildman–Crippen MR) is 66.2 cm³/mol. The molecule has 1 aliphatic heterocycles. The van der Waals surface area contributed by atoms with Gasteiger partial charge in [0.15, 0.2) is 5.03 Å². The molecule has 0 saturated carbocycles. The zero-order chi connectivity index (χ0) is 13.2. The van der Waals surface area contributed by atoms with Crippen molar-refractivity contribution in [2.24, 2.45) is 5.84 Å². The van der Waals surface area contributed by atoms with Gasteiger partial charge in [-0.1, -0.05) is 0 Å². The van der Waals surface area contributed by atoms with E-state index in [9.17, 15) is 8.42 Å². The number of hydrogen-bond acceptors (Lipinski definition) is 6. The monoisotopic (exact) mass is 272 g/mol. The number of nitrogens with one attached hydrogen (secondary N) is 1. The third-order valence-electron chi connectivity index (χ3n) is 2.97. The molecule has 0 spiro atoms. The van der Waals surface area contributed by atoms with Crippen molar-refractivity contribution in [2.45, 2.75) is 17.5 Å². The van der Waals surface area contributed by atoms with Crippen LogP contribution in [-0.2, 0) is 14.8 Å². The van der Waals surface area contributed by atoms with E-state index in [4.69, 9.17) is 10.6 Å². The minimum absolute atomic E-state index is 0.0677. The lowest BCUT2D eigenvalue weighted by Gasteiger charge is -2.22. The number of hydrogen-bond donors (Lipinski definition) is 2. The lowest BCUT2D eigenvalue weighted by atomic mass is 10.3. The lowest BCUT2D eigenvalue weighted by Crippen LogP contribution is -2.38. The van der Waals surface area contributed by atoms with E-state index < -0.39 is 10.0 Å². The number of rotatable bonds is 4. The number of ether oxygens (including phenoxy) is 1. The quantitative estimate of drug-likeness (QED) is 0.581. The molecule has 1 fully saturated rings. The highest BCUT2D eigenvalue weighted by atomic mass is 32.2. The third kappa shape index (κ3) is 2.32. The highest BCUT2D eigenvalue weighted by Crippen LogP contribution is 2.24. The predicted octanol–water partition coefficient (Wildman–Crippen LogP) is -0.223. The van der Waals surface area contributed by atoms with Gasteiger partial charge in [-0.15, -0.1) is 0 Å². The first kappa shape index (κ1) is 13.2. The smallest absolute Gasteiger partial charge is 0.262 e. The number of aromatic nitrogens is 1. The van der Waals surface area contributed by atoms with Crippen molar-refractivity contribution in [1.29, 1.82) is 0 Å². The molecule has 18 heavy (non-hydrogen) atoms. The number of pyridine rings is 1. The normalized spacial score (nSPS) is 20.3. The van der Waals surface area contributed by atoms with Crippen LogP contribution < -0.4 is 11.3 Å². The second kappa shape index (κ2) is 5.19. The fourth-order valence-electron chi connectivity index (χ4n) is 1.85. The molecule has 0 aliphatic carbocycles. The first-order valence-electron chi connectivity index (χ1n) is 5.55. The summed E-state index contributed by atoms with van der Waals surface area (Å²) in [6, 6.07) is 3.04. The van der Waals surface area contributed by atoms with Gasteiger partial charge in [0.2, 0.25) is 0 Å². The highest BCUT2D eigenvalue weighted by molar-refractivity contribution is 7.89. The second-order valence-electron chi connectivity index (χ2n) is 4.04. The molecule has 1 aromatic rings. The molecule has 100 valence electrons. The van der Waals surface area contributed by atoms with Gasteiger partial charge in [0.25, 0.3) is 10.0 Å². The Labute approximate surface area is 106 Å². The maximum atomic E-state index is 12.4. The van der Waals surface area contributed by atoms with Crippen LogP contribution in [0, 0.1) is 0 Å². The van der Waals surface area contributed by atoms with Crippen LogP contribution in [0.5, 0.6) is 0 Å². The number of anilines is 1. The Morgan fingerprint density at radius 1 is 1.61 bits per heavy atom. The summed E-state index contributed by atoms with van der Waals surface area (Å²) in [5.41, 5.74) is 2.63. The highest BCUT2D eigenvalue weighted by Gasteiger charge is 2.32. The maximum Gasteiger partial charge on any atom is 0.262 e. The molecule has 0 bridgehead atoms. The minimum Gasteiger partial charge on any atom is -0.380 e. The Kier molecular flexibility index (Phi) is 3.81. The molecule has 1 unspecified atom stereocenters. The molecule has 1 saturated heterocycles. The van der Waals surface area contributed by atoms with Gasteiger partial charge in [0, 0.05) is 19.9 Å². The summed E-state index contributed by atoms with van der Waals surface area (Å²) in [4.78, 5) is 3.90. The first-order chi connectivity index (χ1) is 8.57. The zero-order valence-corrected chi connectivity index (χ0v) is 10.9. The van der Waals surface area contributed by atoms with Crippen molar-refractivity contribution >= 4 is 15.7 Å². The molecule has 2 rings (SSSR count). The van der Waals surface area contributed by atoms with Gasteiger partial charge >= 0.3 is 0 Å². The van der Waals surface area contributed by atoms with Gasteiger partial charge in [0.1, 0.15) is 0 Å². The topological polar surface area (TPSA) is 97.5 Å². The van der Waals surface area contributed by atoms with Gasteiger partial charge in [-0.05, 0) is 18.6 Å². The average Bonchev–Trinajstić information content (AvgIpc) is 2.91. The molecular weight excluding hydrogens is 256 g/mol. The van der Waals surface area contributed by atoms with E-state index in [2.05, 4.69) is 10.4 Å². The Bertz CT molecular complexity index is 514. The molecule has 2 heterocycles. The molecule has 1 aliphatic rings. The first-order valence-corrected chi connectivity index (χ1v) is 6.99. The summed E-state index contributed by atoms with van der Waals surface area (Å²) in [7, 11) is -2.13. The molecule has 1 aromatic heterocycles. The summed E-state index contributed by atoms with van der Waals surface area (Å²) in [5.74, 6) is 5.30. The number of sulfonamides is 1. The molecule has 1 atom stereocenters. The molecule has 0 amide bonds. The van der Waals surface area contributed by atoms with Crippen LogP contribution in [0.4, 0.5) is 5.69 Å². The SMILES string of the molecule is CN(C1CCOC1)S(=O)(=O)c1ncccc1NN. The van der Waals surface area contributed by atoms with Crippen LogP contribution in [0.1, 0.15) is 6.42 Å². The number of likely N-dealkylation sites (N-methyl/N-ethyl adjacent to an activating group) is 1. The summed E-state index contributed by atoms with van der Waals surface area (Å²) < 4.78 is 31.3. The summed E-state index contributed by atoms with van der Waals surface area (Å²) in [6.45, 7) is 0.989. The number of nitrogens with zero attached hydrogens (tertiary/aromatic N) is 2. The minimum atomic E-state index is -3.67. The number of hydrazine groups is 1. The van der Waals surface area contributed by atoms with E-state index in [-0.39, 0.29) is 16.8 Å². The standard InChI is InChI=1S/C10H16N4O3S/c1-14(8-4-6-17-7-8)18(15,16)10-9(13-11)3-2-5-12-10/h2-3,5,8,13H,4,6-7,11H2,1H3. The molecule has 8 heteroatoms. The third-order valence-corrected chi connectivity index (χ3v) is 4.84. The molecule has 0 radical (unpaired) electrons. The Morgan fingerprint density at radius 2 is 2.39 bits per heavy atom.